The summed E-state index contributed by atoms with van der Waals surface area (Å²) in [4.78, 5) is 27.9. The zero-order chi connectivity index (χ0) is 17.3. The average molecular weight is 323 g/mol. The van der Waals surface area contributed by atoms with Crippen LogP contribution in [0.1, 0.15) is 21.6 Å². The van der Waals surface area contributed by atoms with Crippen molar-refractivity contribution in [3.63, 3.8) is 0 Å². The van der Waals surface area contributed by atoms with Crippen molar-refractivity contribution in [2.24, 2.45) is 5.73 Å². The molecule has 7 nitrogen and oxygen atoms in total. The number of carbonyl (C=O) groups excluding carboxylic acids is 2. The van der Waals surface area contributed by atoms with E-state index in [0.717, 1.165) is 16.5 Å². The molecule has 0 radical (unpaired) electrons. The SMILES string of the molecule is Cc1ccc2cc(C(=O)Nc3ccn(CC(N)=O)n3)c(C)nc2c1. The van der Waals surface area contributed by atoms with Gasteiger partial charge in [0, 0.05) is 17.6 Å². The first-order valence-corrected chi connectivity index (χ1v) is 7.43. The predicted molar refractivity (Wildman–Crippen MR) is 90.6 cm³/mol. The minimum absolute atomic E-state index is 0.0359. The highest BCUT2D eigenvalue weighted by Crippen LogP contribution is 2.19. The average Bonchev–Trinajstić information content (AvgIpc) is 2.92. The first-order valence-electron chi connectivity index (χ1n) is 7.43. The summed E-state index contributed by atoms with van der Waals surface area (Å²) >= 11 is 0. The Balaban J connectivity index is 1.85. The predicted octanol–water partition coefficient (Wildman–Crippen LogP) is 1.79. The van der Waals surface area contributed by atoms with Gasteiger partial charge in [-0.2, -0.15) is 5.10 Å². The van der Waals surface area contributed by atoms with E-state index in [1.165, 1.54) is 4.68 Å². The normalized spacial score (nSPS) is 10.8. The van der Waals surface area contributed by atoms with Crippen molar-refractivity contribution in [3.8, 4) is 0 Å². The second-order valence-corrected chi connectivity index (χ2v) is 5.64. The van der Waals surface area contributed by atoms with Crippen LogP contribution in [0.15, 0.2) is 36.5 Å². The van der Waals surface area contributed by atoms with Gasteiger partial charge in [-0.3, -0.25) is 19.3 Å². The molecule has 0 saturated heterocycles. The van der Waals surface area contributed by atoms with Crippen molar-refractivity contribution in [1.29, 1.82) is 0 Å². The number of hydrogen-bond acceptors (Lipinski definition) is 4. The molecule has 0 aliphatic carbocycles. The summed E-state index contributed by atoms with van der Waals surface area (Å²) in [6, 6.07) is 9.32. The molecule has 0 spiro atoms. The number of primary amides is 1. The van der Waals surface area contributed by atoms with E-state index in [0.29, 0.717) is 17.1 Å². The third kappa shape index (κ3) is 3.24. The zero-order valence-electron chi connectivity index (χ0n) is 13.4. The van der Waals surface area contributed by atoms with Crippen LogP contribution in [0.5, 0.6) is 0 Å². The second kappa shape index (κ2) is 6.11. The third-order valence-electron chi connectivity index (χ3n) is 3.61. The van der Waals surface area contributed by atoms with Gasteiger partial charge in [-0.15, -0.1) is 0 Å². The van der Waals surface area contributed by atoms with Gasteiger partial charge in [0.1, 0.15) is 6.54 Å². The van der Waals surface area contributed by atoms with Crippen LogP contribution in [0.4, 0.5) is 5.82 Å². The topological polar surface area (TPSA) is 103 Å². The summed E-state index contributed by atoms with van der Waals surface area (Å²) in [5.74, 6) is -0.447. The van der Waals surface area contributed by atoms with Crippen LogP contribution in [0.3, 0.4) is 0 Å². The summed E-state index contributed by atoms with van der Waals surface area (Å²) < 4.78 is 1.37. The fourth-order valence-corrected chi connectivity index (χ4v) is 2.46. The minimum atomic E-state index is -0.499. The molecule has 24 heavy (non-hydrogen) atoms. The zero-order valence-corrected chi connectivity index (χ0v) is 13.4. The lowest BCUT2D eigenvalue weighted by molar-refractivity contribution is -0.118. The number of fused-ring (bicyclic) bond motifs is 1. The standard InChI is InChI=1S/C17H17N5O2/c1-10-3-4-12-8-13(11(2)19-14(12)7-10)17(24)20-16-5-6-22(21-16)9-15(18)23/h3-8H,9H2,1-2H3,(H2,18,23)(H,20,21,24). The molecule has 2 amide bonds. The monoisotopic (exact) mass is 323 g/mol. The number of nitrogens with one attached hydrogen (secondary N) is 1. The fraction of sp³-hybridized carbons (Fsp3) is 0.176. The van der Waals surface area contributed by atoms with Crippen molar-refractivity contribution < 1.29 is 9.59 Å². The van der Waals surface area contributed by atoms with Crippen molar-refractivity contribution in [2.75, 3.05) is 5.32 Å². The van der Waals surface area contributed by atoms with Crippen LogP contribution >= 0.6 is 0 Å². The van der Waals surface area contributed by atoms with Gasteiger partial charge >= 0.3 is 0 Å². The molecule has 2 heterocycles. The number of anilines is 1. The van der Waals surface area contributed by atoms with Gasteiger partial charge in [-0.25, -0.2) is 0 Å². The third-order valence-corrected chi connectivity index (χ3v) is 3.61. The second-order valence-electron chi connectivity index (χ2n) is 5.64. The Morgan fingerprint density at radius 2 is 2.00 bits per heavy atom. The quantitative estimate of drug-likeness (QED) is 0.764. The van der Waals surface area contributed by atoms with Gasteiger partial charge in [0.25, 0.3) is 5.91 Å². The maximum atomic E-state index is 12.5. The van der Waals surface area contributed by atoms with Crippen molar-refractivity contribution in [3.05, 3.63) is 53.3 Å². The molecule has 0 fully saturated rings. The Hall–Kier alpha value is -3.22. The molecule has 0 unspecified atom stereocenters. The lowest BCUT2D eigenvalue weighted by Crippen LogP contribution is -2.19. The van der Waals surface area contributed by atoms with Gasteiger partial charge in [-0.05, 0) is 31.5 Å². The highest BCUT2D eigenvalue weighted by molar-refractivity contribution is 6.06. The number of carbonyl (C=O) groups is 2. The number of rotatable bonds is 4. The first-order chi connectivity index (χ1) is 11.4. The Labute approximate surface area is 138 Å². The number of aryl methyl sites for hydroxylation is 2. The largest absolute Gasteiger partial charge is 0.368 e. The van der Waals surface area contributed by atoms with Crippen LogP contribution in [-0.4, -0.2) is 26.6 Å². The summed E-state index contributed by atoms with van der Waals surface area (Å²) in [7, 11) is 0. The number of amides is 2. The molecule has 0 saturated carbocycles. The highest BCUT2D eigenvalue weighted by Gasteiger charge is 2.13. The summed E-state index contributed by atoms with van der Waals surface area (Å²) in [5.41, 5.74) is 8.21. The fourth-order valence-electron chi connectivity index (χ4n) is 2.46. The van der Waals surface area contributed by atoms with Crippen molar-refractivity contribution in [2.45, 2.75) is 20.4 Å². The Kier molecular flexibility index (Phi) is 3.99. The molecule has 0 bridgehead atoms. The smallest absolute Gasteiger partial charge is 0.258 e. The molecule has 7 heteroatoms. The van der Waals surface area contributed by atoms with E-state index in [1.807, 2.05) is 31.2 Å². The molecule has 0 atom stereocenters. The number of benzene rings is 1. The van der Waals surface area contributed by atoms with E-state index in [2.05, 4.69) is 15.4 Å². The summed E-state index contributed by atoms with van der Waals surface area (Å²) in [5, 5.41) is 7.69. The van der Waals surface area contributed by atoms with Gasteiger partial charge in [0.05, 0.1) is 16.8 Å². The number of pyridine rings is 1. The van der Waals surface area contributed by atoms with E-state index in [1.54, 1.807) is 19.2 Å². The molecule has 3 rings (SSSR count). The molecule has 122 valence electrons. The van der Waals surface area contributed by atoms with E-state index >= 15 is 0 Å². The molecule has 3 aromatic rings. The van der Waals surface area contributed by atoms with Gasteiger partial charge in [0.2, 0.25) is 5.91 Å². The van der Waals surface area contributed by atoms with Crippen molar-refractivity contribution in [1.82, 2.24) is 14.8 Å². The van der Waals surface area contributed by atoms with Gasteiger partial charge in [-0.1, -0.05) is 12.1 Å². The van der Waals surface area contributed by atoms with E-state index in [-0.39, 0.29) is 12.5 Å². The molecule has 0 aliphatic heterocycles. The summed E-state index contributed by atoms with van der Waals surface area (Å²) in [6.45, 7) is 3.76. The van der Waals surface area contributed by atoms with E-state index in [9.17, 15) is 9.59 Å². The molecule has 2 aromatic heterocycles. The van der Waals surface area contributed by atoms with Crippen LogP contribution in [0, 0.1) is 13.8 Å². The molecular formula is C17H17N5O2. The van der Waals surface area contributed by atoms with Gasteiger partial charge in [0.15, 0.2) is 5.82 Å². The van der Waals surface area contributed by atoms with Crippen LogP contribution in [-0.2, 0) is 11.3 Å². The maximum absolute atomic E-state index is 12.5. The number of aromatic nitrogens is 3. The van der Waals surface area contributed by atoms with E-state index < -0.39 is 5.91 Å². The minimum Gasteiger partial charge on any atom is -0.368 e. The van der Waals surface area contributed by atoms with E-state index in [4.69, 9.17) is 5.73 Å². The Morgan fingerprint density at radius 3 is 2.75 bits per heavy atom. The maximum Gasteiger partial charge on any atom is 0.258 e. The van der Waals surface area contributed by atoms with Crippen LogP contribution < -0.4 is 11.1 Å². The lowest BCUT2D eigenvalue weighted by atomic mass is 10.1. The molecule has 0 aliphatic rings. The Morgan fingerprint density at radius 1 is 1.21 bits per heavy atom. The first kappa shape index (κ1) is 15.7. The number of nitrogens with two attached hydrogens (primary N) is 1. The highest BCUT2D eigenvalue weighted by atomic mass is 16.2. The Bertz CT molecular complexity index is 945. The molecule has 3 N–H and O–H groups in total. The number of nitrogens with zero attached hydrogens (tertiary/aromatic N) is 3. The summed E-state index contributed by atoms with van der Waals surface area (Å²) in [6.07, 6.45) is 1.58. The molecule has 1 aromatic carbocycles. The lowest BCUT2D eigenvalue weighted by Gasteiger charge is -2.08. The van der Waals surface area contributed by atoms with Gasteiger partial charge < -0.3 is 11.1 Å². The van der Waals surface area contributed by atoms with Crippen LogP contribution in [0.2, 0.25) is 0 Å². The van der Waals surface area contributed by atoms with Crippen molar-refractivity contribution >= 4 is 28.5 Å². The molecular weight excluding hydrogens is 306 g/mol. The number of hydrogen-bond donors (Lipinski definition) is 2. The van der Waals surface area contributed by atoms with Crippen LogP contribution in [0.25, 0.3) is 10.9 Å².